The predicted molar refractivity (Wildman–Crippen MR) is 86.6 cm³/mol. The first-order valence-electron chi connectivity index (χ1n) is 8.46. The Balaban J connectivity index is 1.84. The quantitative estimate of drug-likeness (QED) is 0.773. The van der Waals surface area contributed by atoms with E-state index >= 15 is 0 Å². The van der Waals surface area contributed by atoms with E-state index in [-0.39, 0.29) is 0 Å². The van der Waals surface area contributed by atoms with Gasteiger partial charge in [0, 0.05) is 36.8 Å². The second-order valence-electron chi connectivity index (χ2n) is 6.93. The molecule has 2 rings (SSSR count). The van der Waals surface area contributed by atoms with Gasteiger partial charge in [0.05, 0.1) is 6.67 Å². The summed E-state index contributed by atoms with van der Waals surface area (Å²) < 4.78 is 0. The van der Waals surface area contributed by atoms with Crippen molar-refractivity contribution in [3.05, 3.63) is 12.3 Å². The molecule has 0 aliphatic carbocycles. The fourth-order valence-electron chi connectivity index (χ4n) is 4.12. The number of allylic oxidation sites excluding steroid dienone is 1. The van der Waals surface area contributed by atoms with Crippen molar-refractivity contribution in [3.63, 3.8) is 0 Å². The molecule has 2 fully saturated rings. The van der Waals surface area contributed by atoms with Crippen LogP contribution in [0.15, 0.2) is 12.3 Å². The molecule has 0 radical (unpaired) electrons. The molecule has 2 saturated heterocycles. The van der Waals surface area contributed by atoms with E-state index in [0.29, 0.717) is 11.5 Å². The summed E-state index contributed by atoms with van der Waals surface area (Å²) in [6.07, 6.45) is 7.71. The Kier molecular flexibility index (Phi) is 5.50. The Morgan fingerprint density at radius 1 is 1.25 bits per heavy atom. The van der Waals surface area contributed by atoms with Gasteiger partial charge in [-0.3, -0.25) is 9.80 Å². The summed E-state index contributed by atoms with van der Waals surface area (Å²) in [5.41, 5.74) is 1.71. The van der Waals surface area contributed by atoms with Gasteiger partial charge in [0.25, 0.3) is 0 Å². The van der Waals surface area contributed by atoms with E-state index in [9.17, 15) is 0 Å². The summed E-state index contributed by atoms with van der Waals surface area (Å²) in [5.74, 6) is 0. The van der Waals surface area contributed by atoms with E-state index in [1.54, 1.807) is 0 Å². The second-order valence-corrected chi connectivity index (χ2v) is 6.93. The topological polar surface area (TPSA) is 18.5 Å². The maximum absolute atomic E-state index is 4.35. The zero-order chi connectivity index (χ0) is 14.6. The number of likely N-dealkylation sites (N-methyl/N-ethyl adjacent to an activating group) is 1. The summed E-state index contributed by atoms with van der Waals surface area (Å²) in [6.45, 7) is 13.8. The highest BCUT2D eigenvalue weighted by Gasteiger charge is 2.40. The third-order valence-corrected chi connectivity index (χ3v) is 5.15. The van der Waals surface area contributed by atoms with Crippen LogP contribution in [0.2, 0.25) is 0 Å². The number of hydrogen-bond acceptors (Lipinski definition) is 3. The number of nitrogens with zero attached hydrogens (tertiary/aromatic N) is 2. The Morgan fingerprint density at radius 3 is 2.50 bits per heavy atom. The summed E-state index contributed by atoms with van der Waals surface area (Å²) in [4.78, 5) is 4.98. The summed E-state index contributed by atoms with van der Waals surface area (Å²) in [6, 6.07) is 0.645. The second kappa shape index (κ2) is 6.95. The lowest BCUT2D eigenvalue weighted by molar-refractivity contribution is 0.252. The third kappa shape index (κ3) is 3.56. The highest BCUT2D eigenvalue weighted by atomic mass is 15.4. The van der Waals surface area contributed by atoms with Gasteiger partial charge >= 0.3 is 0 Å². The molecule has 20 heavy (non-hydrogen) atoms. The molecule has 116 valence electrons. The summed E-state index contributed by atoms with van der Waals surface area (Å²) in [7, 11) is 2.21. The van der Waals surface area contributed by atoms with Crippen molar-refractivity contribution in [3.8, 4) is 0 Å². The Hall–Kier alpha value is -0.540. The molecule has 0 aromatic carbocycles. The van der Waals surface area contributed by atoms with Crippen molar-refractivity contribution in [1.82, 2.24) is 15.1 Å². The van der Waals surface area contributed by atoms with Gasteiger partial charge in [-0.05, 0) is 32.7 Å². The molecule has 2 heterocycles. The molecular weight excluding hydrogens is 246 g/mol. The maximum atomic E-state index is 4.35. The predicted octanol–water partition coefficient (Wildman–Crippen LogP) is 3.04. The van der Waals surface area contributed by atoms with Crippen molar-refractivity contribution in [2.24, 2.45) is 5.41 Å². The molecule has 3 heteroatoms. The van der Waals surface area contributed by atoms with E-state index in [1.165, 1.54) is 63.9 Å². The van der Waals surface area contributed by atoms with Crippen molar-refractivity contribution in [2.45, 2.75) is 58.4 Å². The number of hydrogen-bond donors (Lipinski definition) is 1. The van der Waals surface area contributed by atoms with Gasteiger partial charge in [-0.2, -0.15) is 0 Å². The zero-order valence-electron chi connectivity index (χ0n) is 13.7. The third-order valence-electron chi connectivity index (χ3n) is 5.15. The van der Waals surface area contributed by atoms with Crippen molar-refractivity contribution < 1.29 is 0 Å². The molecule has 0 spiro atoms. The van der Waals surface area contributed by atoms with Gasteiger partial charge in [-0.25, -0.2) is 0 Å². The summed E-state index contributed by atoms with van der Waals surface area (Å²) in [5, 5.41) is 3.71. The average Bonchev–Trinajstić information content (AvgIpc) is 2.94. The minimum Gasteiger partial charge on any atom is -0.386 e. The average molecular weight is 279 g/mol. The molecule has 2 aliphatic heterocycles. The van der Waals surface area contributed by atoms with Crippen molar-refractivity contribution in [1.29, 1.82) is 0 Å². The molecular formula is C17H33N3. The van der Waals surface area contributed by atoms with Crippen LogP contribution >= 0.6 is 0 Å². The van der Waals surface area contributed by atoms with Gasteiger partial charge in [0.2, 0.25) is 0 Å². The molecule has 0 amide bonds. The number of rotatable bonds is 7. The summed E-state index contributed by atoms with van der Waals surface area (Å²) >= 11 is 0. The molecule has 2 aliphatic rings. The smallest absolute Gasteiger partial charge is 0.0504 e. The first kappa shape index (κ1) is 15.8. The van der Waals surface area contributed by atoms with Gasteiger partial charge in [-0.15, -0.1) is 0 Å². The van der Waals surface area contributed by atoms with Crippen molar-refractivity contribution in [2.75, 3.05) is 33.4 Å². The van der Waals surface area contributed by atoms with Gasteiger partial charge < -0.3 is 5.32 Å². The van der Waals surface area contributed by atoms with Gasteiger partial charge in [-0.1, -0.05) is 33.3 Å². The fraction of sp³-hybridized carbons (Fsp3) is 0.882. The van der Waals surface area contributed by atoms with E-state index in [2.05, 4.69) is 42.6 Å². The molecule has 3 nitrogen and oxygen atoms in total. The first-order valence-corrected chi connectivity index (χ1v) is 8.46. The molecule has 1 atom stereocenters. The Morgan fingerprint density at radius 2 is 1.95 bits per heavy atom. The van der Waals surface area contributed by atoms with Gasteiger partial charge in [0.15, 0.2) is 0 Å². The van der Waals surface area contributed by atoms with E-state index in [1.807, 2.05) is 0 Å². The highest BCUT2D eigenvalue weighted by molar-refractivity contribution is 5.16. The normalized spacial score (nSPS) is 27.1. The Bertz CT molecular complexity index is 320. The van der Waals surface area contributed by atoms with Gasteiger partial charge in [0.1, 0.15) is 0 Å². The fourth-order valence-corrected chi connectivity index (χ4v) is 4.12. The first-order chi connectivity index (χ1) is 9.59. The lowest BCUT2D eigenvalue weighted by atomic mass is 9.75. The van der Waals surface area contributed by atoms with Crippen LogP contribution in [0, 0.1) is 5.41 Å². The molecule has 0 aromatic rings. The molecule has 0 bridgehead atoms. The maximum Gasteiger partial charge on any atom is 0.0504 e. The van der Waals surface area contributed by atoms with Crippen LogP contribution in [0.3, 0.4) is 0 Å². The highest BCUT2D eigenvalue weighted by Crippen LogP contribution is 2.45. The minimum absolute atomic E-state index is 0.385. The zero-order valence-corrected chi connectivity index (χ0v) is 13.7. The van der Waals surface area contributed by atoms with Crippen LogP contribution in [0.5, 0.6) is 0 Å². The monoisotopic (exact) mass is 279 g/mol. The van der Waals surface area contributed by atoms with Crippen LogP contribution < -0.4 is 5.32 Å². The molecule has 1 unspecified atom stereocenters. The molecule has 0 aromatic heterocycles. The van der Waals surface area contributed by atoms with E-state index < -0.39 is 0 Å². The molecule has 1 N–H and O–H groups in total. The van der Waals surface area contributed by atoms with Crippen LogP contribution in [0.4, 0.5) is 0 Å². The van der Waals surface area contributed by atoms with Crippen LogP contribution in [0.25, 0.3) is 0 Å². The van der Waals surface area contributed by atoms with Crippen molar-refractivity contribution >= 4 is 0 Å². The van der Waals surface area contributed by atoms with E-state index in [4.69, 9.17) is 0 Å². The SMILES string of the molecule is C=C1NC(CCN2CCN(C)C2)CC1(CCC)CCC. The largest absolute Gasteiger partial charge is 0.386 e. The molecule has 0 saturated carbocycles. The van der Waals surface area contributed by atoms with Crippen LogP contribution in [-0.4, -0.2) is 49.2 Å². The van der Waals surface area contributed by atoms with Crippen LogP contribution in [-0.2, 0) is 0 Å². The lowest BCUT2D eigenvalue weighted by Crippen LogP contribution is -2.29. The minimum atomic E-state index is 0.385. The van der Waals surface area contributed by atoms with E-state index in [0.717, 1.165) is 6.67 Å². The lowest BCUT2D eigenvalue weighted by Gasteiger charge is -2.29. The number of nitrogens with one attached hydrogen (secondary N) is 1. The van der Waals surface area contributed by atoms with Crippen LogP contribution in [0.1, 0.15) is 52.4 Å². The standard InChI is InChI=1S/C17H33N3/c1-5-8-17(9-6-2)13-16(18-15(17)3)7-10-20-12-11-19(4)14-20/h16,18H,3,5-14H2,1-2,4H3. The Labute approximate surface area is 125 Å².